The number of carbonyl (C=O) groups excluding carboxylic acids is 1. The van der Waals surface area contributed by atoms with Crippen LogP contribution in [0.4, 0.5) is 0 Å². The molecular weight excluding hydrogens is 254 g/mol. The maximum Gasteiger partial charge on any atom is 0.260 e. The first-order chi connectivity index (χ1) is 9.49. The predicted molar refractivity (Wildman–Crippen MR) is 80.0 cm³/mol. The Labute approximate surface area is 121 Å². The summed E-state index contributed by atoms with van der Waals surface area (Å²) in [7, 11) is 0. The van der Waals surface area contributed by atoms with Crippen LogP contribution in [-0.2, 0) is 9.53 Å². The van der Waals surface area contributed by atoms with E-state index in [1.165, 1.54) is 0 Å². The Kier molecular flexibility index (Phi) is 7.09. The minimum Gasteiger partial charge on any atom is -0.481 e. The molecule has 0 aliphatic carbocycles. The fourth-order valence-corrected chi connectivity index (χ4v) is 1.69. The molecule has 1 aromatic carbocycles. The molecule has 1 aromatic rings. The van der Waals surface area contributed by atoms with Gasteiger partial charge in [-0.25, -0.2) is 0 Å². The third kappa shape index (κ3) is 6.57. The van der Waals surface area contributed by atoms with Crippen LogP contribution in [0.25, 0.3) is 0 Å². The molecule has 0 aliphatic heterocycles. The number of benzene rings is 1. The topological polar surface area (TPSA) is 47.6 Å². The molecule has 0 aromatic heterocycles. The molecule has 0 fully saturated rings. The van der Waals surface area contributed by atoms with Crippen LogP contribution in [0.5, 0.6) is 5.75 Å². The van der Waals surface area contributed by atoms with Gasteiger partial charge in [0, 0.05) is 13.2 Å². The van der Waals surface area contributed by atoms with Crippen molar-refractivity contribution in [3.05, 3.63) is 29.8 Å². The Bertz CT molecular complexity index is 418. The van der Waals surface area contributed by atoms with Crippen molar-refractivity contribution in [3.63, 3.8) is 0 Å². The van der Waals surface area contributed by atoms with Gasteiger partial charge in [-0.15, -0.1) is 0 Å². The van der Waals surface area contributed by atoms with E-state index in [-0.39, 0.29) is 12.0 Å². The van der Waals surface area contributed by atoms with Gasteiger partial charge in [0.2, 0.25) is 0 Å². The van der Waals surface area contributed by atoms with Crippen molar-refractivity contribution in [1.82, 2.24) is 5.32 Å². The van der Waals surface area contributed by atoms with Gasteiger partial charge in [0.15, 0.2) is 6.10 Å². The lowest BCUT2D eigenvalue weighted by molar-refractivity contribution is -0.127. The summed E-state index contributed by atoms with van der Waals surface area (Å²) in [6, 6.07) is 7.68. The first-order valence-corrected chi connectivity index (χ1v) is 7.11. The Morgan fingerprint density at radius 1 is 1.30 bits per heavy atom. The van der Waals surface area contributed by atoms with Crippen LogP contribution in [0.1, 0.15) is 32.8 Å². The Balaban J connectivity index is 2.25. The summed E-state index contributed by atoms with van der Waals surface area (Å²) in [5, 5.41) is 2.85. The standard InChI is InChI=1S/C16H25NO3/c1-12(2)19-10-6-9-17-16(18)14(4)20-15-8-5-7-13(3)11-15/h5,7-8,11-12,14H,6,9-10H2,1-4H3,(H,17,18)/t14-/m0/s1. The highest BCUT2D eigenvalue weighted by molar-refractivity contribution is 5.80. The van der Waals surface area contributed by atoms with Gasteiger partial charge in [-0.2, -0.15) is 0 Å². The van der Waals surface area contributed by atoms with E-state index in [0.717, 1.165) is 17.7 Å². The summed E-state index contributed by atoms with van der Waals surface area (Å²) in [5.74, 6) is 0.617. The number of amides is 1. The molecule has 0 saturated heterocycles. The second kappa shape index (κ2) is 8.59. The first kappa shape index (κ1) is 16.5. The molecule has 4 heteroatoms. The SMILES string of the molecule is Cc1cccc(O[C@@H](C)C(=O)NCCCOC(C)C)c1. The number of nitrogens with one attached hydrogen (secondary N) is 1. The van der Waals surface area contributed by atoms with Gasteiger partial charge in [-0.3, -0.25) is 4.79 Å². The molecule has 0 aliphatic rings. The van der Waals surface area contributed by atoms with E-state index in [1.54, 1.807) is 6.92 Å². The van der Waals surface area contributed by atoms with E-state index in [0.29, 0.717) is 13.2 Å². The van der Waals surface area contributed by atoms with Crippen molar-refractivity contribution in [3.8, 4) is 5.75 Å². The summed E-state index contributed by atoms with van der Waals surface area (Å²) < 4.78 is 11.0. The number of aryl methyl sites for hydroxylation is 1. The maximum atomic E-state index is 11.9. The van der Waals surface area contributed by atoms with Crippen molar-refractivity contribution in [2.75, 3.05) is 13.2 Å². The number of hydrogen-bond donors (Lipinski definition) is 1. The summed E-state index contributed by atoms with van der Waals surface area (Å²) in [4.78, 5) is 11.9. The largest absolute Gasteiger partial charge is 0.481 e. The molecule has 1 amide bonds. The molecule has 112 valence electrons. The number of rotatable bonds is 8. The van der Waals surface area contributed by atoms with E-state index in [9.17, 15) is 4.79 Å². The molecule has 20 heavy (non-hydrogen) atoms. The highest BCUT2D eigenvalue weighted by atomic mass is 16.5. The average Bonchev–Trinajstić information content (AvgIpc) is 2.37. The Morgan fingerprint density at radius 3 is 2.70 bits per heavy atom. The third-order valence-electron chi connectivity index (χ3n) is 2.74. The quantitative estimate of drug-likeness (QED) is 0.744. The van der Waals surface area contributed by atoms with Gasteiger partial charge in [0.05, 0.1) is 6.10 Å². The monoisotopic (exact) mass is 279 g/mol. The summed E-state index contributed by atoms with van der Waals surface area (Å²) in [6.07, 6.45) is 0.540. The lowest BCUT2D eigenvalue weighted by Gasteiger charge is -2.15. The summed E-state index contributed by atoms with van der Waals surface area (Å²) in [6.45, 7) is 9.00. The van der Waals surface area contributed by atoms with Crippen LogP contribution in [-0.4, -0.2) is 31.3 Å². The van der Waals surface area contributed by atoms with Crippen LogP contribution < -0.4 is 10.1 Å². The number of ether oxygens (including phenoxy) is 2. The van der Waals surface area contributed by atoms with Crippen molar-refractivity contribution >= 4 is 5.91 Å². The number of carbonyl (C=O) groups is 1. The lowest BCUT2D eigenvalue weighted by Crippen LogP contribution is -2.37. The van der Waals surface area contributed by atoms with E-state index < -0.39 is 6.10 Å². The van der Waals surface area contributed by atoms with Crippen molar-refractivity contribution in [2.24, 2.45) is 0 Å². The molecule has 0 spiro atoms. The van der Waals surface area contributed by atoms with Crippen molar-refractivity contribution in [1.29, 1.82) is 0 Å². The summed E-state index contributed by atoms with van der Waals surface area (Å²) in [5.41, 5.74) is 1.11. The molecule has 0 unspecified atom stereocenters. The highest BCUT2D eigenvalue weighted by Gasteiger charge is 2.13. The minimum atomic E-state index is -0.497. The normalized spacial score (nSPS) is 12.2. The van der Waals surface area contributed by atoms with Gasteiger partial charge in [-0.1, -0.05) is 12.1 Å². The van der Waals surface area contributed by atoms with Crippen molar-refractivity contribution < 1.29 is 14.3 Å². The zero-order valence-electron chi connectivity index (χ0n) is 12.8. The Hall–Kier alpha value is -1.55. The van der Waals surface area contributed by atoms with Gasteiger partial charge in [0.1, 0.15) is 5.75 Å². The second-order valence-corrected chi connectivity index (χ2v) is 5.14. The highest BCUT2D eigenvalue weighted by Crippen LogP contribution is 2.14. The maximum absolute atomic E-state index is 11.9. The molecule has 0 heterocycles. The third-order valence-corrected chi connectivity index (χ3v) is 2.74. The van der Waals surface area contributed by atoms with Crippen LogP contribution in [0, 0.1) is 6.92 Å². The molecule has 1 atom stereocenters. The molecule has 0 saturated carbocycles. The van der Waals surface area contributed by atoms with E-state index in [1.807, 2.05) is 45.0 Å². The van der Waals surface area contributed by atoms with Crippen LogP contribution in [0.3, 0.4) is 0 Å². The van der Waals surface area contributed by atoms with E-state index >= 15 is 0 Å². The molecule has 1 N–H and O–H groups in total. The number of hydrogen-bond acceptors (Lipinski definition) is 3. The first-order valence-electron chi connectivity index (χ1n) is 7.11. The average molecular weight is 279 g/mol. The zero-order chi connectivity index (χ0) is 15.0. The van der Waals surface area contributed by atoms with Crippen LogP contribution in [0.15, 0.2) is 24.3 Å². The Morgan fingerprint density at radius 2 is 2.05 bits per heavy atom. The van der Waals surface area contributed by atoms with Crippen molar-refractivity contribution in [2.45, 2.75) is 46.3 Å². The molecule has 0 bridgehead atoms. The van der Waals surface area contributed by atoms with Gasteiger partial charge >= 0.3 is 0 Å². The molecule has 1 rings (SSSR count). The minimum absolute atomic E-state index is 0.101. The molecule has 4 nitrogen and oxygen atoms in total. The van der Waals surface area contributed by atoms with Gasteiger partial charge in [-0.05, 0) is 51.8 Å². The smallest absolute Gasteiger partial charge is 0.260 e. The molecular formula is C16H25NO3. The fourth-order valence-electron chi connectivity index (χ4n) is 1.69. The van der Waals surface area contributed by atoms with Crippen LogP contribution >= 0.6 is 0 Å². The molecule has 0 radical (unpaired) electrons. The zero-order valence-corrected chi connectivity index (χ0v) is 12.8. The van der Waals surface area contributed by atoms with Gasteiger partial charge in [0.25, 0.3) is 5.91 Å². The van der Waals surface area contributed by atoms with Crippen LogP contribution in [0.2, 0.25) is 0 Å². The fraction of sp³-hybridized carbons (Fsp3) is 0.562. The predicted octanol–water partition coefficient (Wildman–Crippen LogP) is 2.69. The van der Waals surface area contributed by atoms with Gasteiger partial charge < -0.3 is 14.8 Å². The van der Waals surface area contributed by atoms with E-state index in [4.69, 9.17) is 9.47 Å². The second-order valence-electron chi connectivity index (χ2n) is 5.14. The summed E-state index contributed by atoms with van der Waals surface area (Å²) >= 11 is 0. The lowest BCUT2D eigenvalue weighted by atomic mass is 10.2. The van der Waals surface area contributed by atoms with E-state index in [2.05, 4.69) is 5.32 Å².